The van der Waals surface area contributed by atoms with E-state index in [1.165, 1.54) is 18.3 Å². The Bertz CT molecular complexity index is 971. The fraction of sp³-hybridized carbons (Fsp3) is 0.0556. The molecule has 0 spiro atoms. The van der Waals surface area contributed by atoms with Crippen LogP contribution >= 0.6 is 23.2 Å². The molecule has 1 heterocycles. The highest BCUT2D eigenvalue weighted by atomic mass is 35.5. The Balaban J connectivity index is 2.22. The van der Waals surface area contributed by atoms with Crippen LogP contribution in [0.1, 0.15) is 5.56 Å². The van der Waals surface area contributed by atoms with Crippen LogP contribution in [-0.4, -0.2) is 13.4 Å². The van der Waals surface area contributed by atoms with Gasteiger partial charge in [0.2, 0.25) is 0 Å². The maximum atomic E-state index is 13.3. The predicted octanol–water partition coefficient (Wildman–Crippen LogP) is 5.22. The zero-order chi connectivity index (χ0) is 18.0. The molecule has 3 aromatic rings. The molecule has 0 bridgehead atoms. The number of benzene rings is 2. The van der Waals surface area contributed by atoms with E-state index in [-0.39, 0.29) is 10.7 Å². The summed E-state index contributed by atoms with van der Waals surface area (Å²) in [5.41, 5.74) is 1.28. The summed E-state index contributed by atoms with van der Waals surface area (Å²) < 4.78 is 27.7. The molecule has 3 rings (SSSR count). The Morgan fingerprint density at radius 3 is 2.12 bits per heavy atom. The number of anilines is 2. The third-order valence-electron chi connectivity index (χ3n) is 3.50. The molecular formula is C18H14Cl2N2O2S. The van der Waals surface area contributed by atoms with E-state index >= 15 is 0 Å². The number of hydrogen-bond donors (Lipinski definition) is 0. The van der Waals surface area contributed by atoms with E-state index in [1.807, 2.05) is 6.92 Å². The minimum Gasteiger partial charge on any atom is -0.238 e. The van der Waals surface area contributed by atoms with Gasteiger partial charge in [0.1, 0.15) is 5.82 Å². The highest BCUT2D eigenvalue weighted by Crippen LogP contribution is 2.34. The van der Waals surface area contributed by atoms with Crippen molar-refractivity contribution in [2.24, 2.45) is 0 Å². The Morgan fingerprint density at radius 1 is 0.920 bits per heavy atom. The molecule has 2 aromatic carbocycles. The number of rotatable bonds is 4. The van der Waals surface area contributed by atoms with E-state index in [4.69, 9.17) is 23.2 Å². The molecule has 0 N–H and O–H groups in total. The summed E-state index contributed by atoms with van der Waals surface area (Å²) in [5.74, 6) is 0.251. The van der Waals surface area contributed by atoms with Gasteiger partial charge in [0.05, 0.1) is 10.6 Å². The number of sulfonamides is 1. The Hall–Kier alpha value is -2.08. The van der Waals surface area contributed by atoms with Crippen LogP contribution < -0.4 is 4.31 Å². The minimum atomic E-state index is -3.90. The molecule has 0 aliphatic heterocycles. The van der Waals surface area contributed by atoms with Crippen LogP contribution in [0.3, 0.4) is 0 Å². The quantitative estimate of drug-likeness (QED) is 0.610. The van der Waals surface area contributed by atoms with Gasteiger partial charge in [-0.1, -0.05) is 47.0 Å². The molecule has 0 atom stereocenters. The lowest BCUT2D eigenvalue weighted by atomic mass is 10.2. The van der Waals surface area contributed by atoms with E-state index in [9.17, 15) is 8.42 Å². The van der Waals surface area contributed by atoms with Crippen LogP contribution in [0, 0.1) is 6.92 Å². The third kappa shape index (κ3) is 3.79. The normalized spacial score (nSPS) is 11.3. The average Bonchev–Trinajstić information content (AvgIpc) is 2.55. The van der Waals surface area contributed by atoms with E-state index in [1.54, 1.807) is 48.5 Å². The van der Waals surface area contributed by atoms with Crippen molar-refractivity contribution in [3.8, 4) is 0 Å². The number of nitrogens with zero attached hydrogens (tertiary/aromatic N) is 2. The summed E-state index contributed by atoms with van der Waals surface area (Å²) in [5, 5.41) is 0.671. The number of halogens is 2. The van der Waals surface area contributed by atoms with E-state index in [2.05, 4.69) is 4.98 Å². The SMILES string of the molecule is Cc1ccc(S(=O)(=O)N(c2cc(Cl)cc(Cl)c2)c2ccccn2)cc1. The van der Waals surface area contributed by atoms with Crippen molar-refractivity contribution < 1.29 is 8.42 Å². The van der Waals surface area contributed by atoms with Gasteiger partial charge in [-0.2, -0.15) is 0 Å². The zero-order valence-electron chi connectivity index (χ0n) is 13.2. The first kappa shape index (κ1) is 17.7. The fourth-order valence-corrected chi connectivity index (χ4v) is 4.28. The summed E-state index contributed by atoms with van der Waals surface area (Å²) in [6.07, 6.45) is 1.53. The first-order chi connectivity index (χ1) is 11.9. The molecule has 7 heteroatoms. The van der Waals surface area contributed by atoms with Gasteiger partial charge in [-0.25, -0.2) is 17.7 Å². The third-order valence-corrected chi connectivity index (χ3v) is 5.68. The summed E-state index contributed by atoms with van der Waals surface area (Å²) in [7, 11) is -3.90. The van der Waals surface area contributed by atoms with Gasteiger partial charge in [0.25, 0.3) is 10.0 Å². The average molecular weight is 393 g/mol. The predicted molar refractivity (Wildman–Crippen MR) is 101 cm³/mol. The van der Waals surface area contributed by atoms with E-state index in [0.717, 1.165) is 9.87 Å². The molecule has 1 aromatic heterocycles. The van der Waals surface area contributed by atoms with Crippen LogP contribution in [0.15, 0.2) is 71.8 Å². The van der Waals surface area contributed by atoms with Gasteiger partial charge in [-0.3, -0.25) is 0 Å². The molecular weight excluding hydrogens is 379 g/mol. The van der Waals surface area contributed by atoms with Crippen molar-refractivity contribution in [3.05, 3.63) is 82.5 Å². The Labute approximate surface area is 156 Å². The largest absolute Gasteiger partial charge is 0.269 e. The zero-order valence-corrected chi connectivity index (χ0v) is 15.6. The van der Waals surface area contributed by atoms with Gasteiger partial charge >= 0.3 is 0 Å². The Morgan fingerprint density at radius 2 is 1.56 bits per heavy atom. The van der Waals surface area contributed by atoms with Crippen molar-refractivity contribution in [2.45, 2.75) is 11.8 Å². The molecule has 0 radical (unpaired) electrons. The van der Waals surface area contributed by atoms with Crippen LogP contribution in [0.5, 0.6) is 0 Å². The number of pyridine rings is 1. The lowest BCUT2D eigenvalue weighted by molar-refractivity contribution is 0.596. The monoisotopic (exact) mass is 392 g/mol. The molecule has 4 nitrogen and oxygen atoms in total. The van der Waals surface area contributed by atoms with Crippen molar-refractivity contribution in [1.82, 2.24) is 4.98 Å². The van der Waals surface area contributed by atoms with E-state index in [0.29, 0.717) is 15.7 Å². The first-order valence-corrected chi connectivity index (χ1v) is 9.57. The molecule has 0 amide bonds. The maximum absolute atomic E-state index is 13.3. The van der Waals surface area contributed by atoms with Gasteiger partial charge < -0.3 is 0 Å². The highest BCUT2D eigenvalue weighted by Gasteiger charge is 2.28. The molecule has 0 saturated carbocycles. The van der Waals surface area contributed by atoms with Gasteiger partial charge in [0.15, 0.2) is 0 Å². The van der Waals surface area contributed by atoms with Crippen LogP contribution in [-0.2, 0) is 10.0 Å². The molecule has 128 valence electrons. The second-order valence-corrected chi connectivity index (χ2v) is 8.06. The molecule has 0 aliphatic carbocycles. The summed E-state index contributed by atoms with van der Waals surface area (Å²) in [6.45, 7) is 1.89. The summed E-state index contributed by atoms with van der Waals surface area (Å²) in [6, 6.07) is 16.3. The first-order valence-electron chi connectivity index (χ1n) is 7.37. The molecule has 0 fully saturated rings. The summed E-state index contributed by atoms with van der Waals surface area (Å²) >= 11 is 12.1. The number of aryl methyl sites for hydroxylation is 1. The van der Waals surface area contributed by atoms with Crippen LogP contribution in [0.2, 0.25) is 10.0 Å². The minimum absolute atomic E-state index is 0.153. The second kappa shape index (κ2) is 7.04. The standard InChI is InChI=1S/C18H14Cl2N2O2S/c1-13-5-7-17(8-6-13)25(23,24)22(18-4-2-3-9-21-18)16-11-14(19)10-15(20)12-16/h2-12H,1H3. The van der Waals surface area contributed by atoms with Crippen molar-refractivity contribution in [3.63, 3.8) is 0 Å². The molecule has 0 unspecified atom stereocenters. The van der Waals surface area contributed by atoms with Gasteiger partial charge in [0, 0.05) is 16.2 Å². The maximum Gasteiger partial charge on any atom is 0.269 e. The van der Waals surface area contributed by atoms with Crippen molar-refractivity contribution >= 4 is 44.7 Å². The second-order valence-electron chi connectivity index (χ2n) is 5.40. The smallest absolute Gasteiger partial charge is 0.238 e. The number of aromatic nitrogens is 1. The topological polar surface area (TPSA) is 50.3 Å². The highest BCUT2D eigenvalue weighted by molar-refractivity contribution is 7.93. The lowest BCUT2D eigenvalue weighted by Crippen LogP contribution is -2.27. The Kier molecular flexibility index (Phi) is 4.99. The van der Waals surface area contributed by atoms with Crippen LogP contribution in [0.25, 0.3) is 0 Å². The van der Waals surface area contributed by atoms with Crippen LogP contribution in [0.4, 0.5) is 11.5 Å². The summed E-state index contributed by atoms with van der Waals surface area (Å²) in [4.78, 5) is 4.34. The van der Waals surface area contributed by atoms with Gasteiger partial charge in [-0.15, -0.1) is 0 Å². The molecule has 25 heavy (non-hydrogen) atoms. The van der Waals surface area contributed by atoms with Gasteiger partial charge in [-0.05, 0) is 49.4 Å². The van der Waals surface area contributed by atoms with E-state index < -0.39 is 10.0 Å². The molecule has 0 saturated heterocycles. The fourth-order valence-electron chi connectivity index (χ4n) is 2.34. The van der Waals surface area contributed by atoms with Crippen molar-refractivity contribution in [1.29, 1.82) is 0 Å². The van der Waals surface area contributed by atoms with Crippen molar-refractivity contribution in [2.75, 3.05) is 4.31 Å². The molecule has 0 aliphatic rings. The number of hydrogen-bond acceptors (Lipinski definition) is 3. The lowest BCUT2D eigenvalue weighted by Gasteiger charge is -2.24.